The first kappa shape index (κ1) is 11.4. The molecule has 1 aromatic heterocycles. The molecular formula is C12H14BrN3. The van der Waals surface area contributed by atoms with Gasteiger partial charge in [0, 0.05) is 5.56 Å². The smallest absolute Gasteiger partial charge is 0.107 e. The van der Waals surface area contributed by atoms with Crippen molar-refractivity contribution in [3.05, 3.63) is 52.3 Å². The van der Waals surface area contributed by atoms with Crippen LogP contribution in [0.3, 0.4) is 0 Å². The summed E-state index contributed by atoms with van der Waals surface area (Å²) < 4.78 is 2.97. The van der Waals surface area contributed by atoms with Gasteiger partial charge in [-0.1, -0.05) is 30.3 Å². The zero-order valence-electron chi connectivity index (χ0n) is 8.94. The lowest BCUT2D eigenvalue weighted by Crippen LogP contribution is -2.04. The molecule has 0 fully saturated rings. The van der Waals surface area contributed by atoms with Crippen LogP contribution in [-0.4, -0.2) is 16.3 Å². The molecule has 16 heavy (non-hydrogen) atoms. The fourth-order valence-electron chi connectivity index (χ4n) is 1.60. The maximum Gasteiger partial charge on any atom is 0.107 e. The van der Waals surface area contributed by atoms with Gasteiger partial charge in [-0.15, -0.1) is 0 Å². The van der Waals surface area contributed by atoms with E-state index in [-0.39, 0.29) is 0 Å². The number of rotatable bonds is 4. The average Bonchev–Trinajstić information content (AvgIpc) is 2.64. The van der Waals surface area contributed by atoms with E-state index < -0.39 is 0 Å². The van der Waals surface area contributed by atoms with E-state index in [4.69, 9.17) is 5.73 Å². The van der Waals surface area contributed by atoms with Gasteiger partial charge < -0.3 is 5.73 Å². The van der Waals surface area contributed by atoms with Crippen LogP contribution in [0.25, 0.3) is 0 Å². The fraction of sp³-hybridized carbons (Fsp3) is 0.250. The van der Waals surface area contributed by atoms with E-state index in [9.17, 15) is 0 Å². The standard InChI is InChI=1S/C12H14BrN3/c13-12-11(6-7-14)8-15-16(12)9-10-4-2-1-3-5-10/h1-5,8H,6-7,9,14H2. The molecule has 0 spiro atoms. The van der Waals surface area contributed by atoms with Gasteiger partial charge in [0.05, 0.1) is 12.7 Å². The first-order chi connectivity index (χ1) is 7.81. The highest BCUT2D eigenvalue weighted by atomic mass is 79.9. The van der Waals surface area contributed by atoms with Gasteiger partial charge in [-0.3, -0.25) is 4.68 Å². The van der Waals surface area contributed by atoms with Crippen LogP contribution in [-0.2, 0) is 13.0 Å². The molecule has 0 aliphatic rings. The molecule has 0 radical (unpaired) electrons. The van der Waals surface area contributed by atoms with Crippen molar-refractivity contribution in [2.75, 3.05) is 6.54 Å². The highest BCUT2D eigenvalue weighted by Gasteiger charge is 2.07. The molecule has 3 nitrogen and oxygen atoms in total. The van der Waals surface area contributed by atoms with E-state index in [0.717, 1.165) is 17.6 Å². The minimum Gasteiger partial charge on any atom is -0.330 e. The Morgan fingerprint density at radius 2 is 2.00 bits per heavy atom. The molecule has 0 bridgehead atoms. The van der Waals surface area contributed by atoms with E-state index in [1.165, 1.54) is 11.1 Å². The number of aromatic nitrogens is 2. The Hall–Kier alpha value is -1.13. The molecule has 1 heterocycles. The van der Waals surface area contributed by atoms with E-state index in [0.29, 0.717) is 6.54 Å². The molecule has 4 heteroatoms. The lowest BCUT2D eigenvalue weighted by Gasteiger charge is -2.04. The Morgan fingerprint density at radius 1 is 1.25 bits per heavy atom. The third kappa shape index (κ3) is 2.51. The number of halogens is 1. The molecule has 2 aromatic rings. The highest BCUT2D eigenvalue weighted by molar-refractivity contribution is 9.10. The van der Waals surface area contributed by atoms with Crippen LogP contribution in [0.4, 0.5) is 0 Å². The zero-order chi connectivity index (χ0) is 11.4. The Bertz CT molecular complexity index is 451. The maximum atomic E-state index is 5.53. The van der Waals surface area contributed by atoms with Crippen molar-refractivity contribution < 1.29 is 0 Å². The second-order valence-corrected chi connectivity index (χ2v) is 4.39. The van der Waals surface area contributed by atoms with Gasteiger partial charge in [0.1, 0.15) is 4.60 Å². The first-order valence-electron chi connectivity index (χ1n) is 5.25. The molecule has 0 aliphatic heterocycles. The molecule has 0 unspecified atom stereocenters. The van der Waals surface area contributed by atoms with Crippen molar-refractivity contribution in [2.24, 2.45) is 5.73 Å². The van der Waals surface area contributed by atoms with E-state index >= 15 is 0 Å². The summed E-state index contributed by atoms with van der Waals surface area (Å²) in [5, 5.41) is 4.34. The number of nitrogens with two attached hydrogens (primary N) is 1. The lowest BCUT2D eigenvalue weighted by atomic mass is 10.2. The van der Waals surface area contributed by atoms with Crippen LogP contribution < -0.4 is 5.73 Å². The van der Waals surface area contributed by atoms with Crippen LogP contribution in [0.1, 0.15) is 11.1 Å². The molecule has 0 saturated heterocycles. The summed E-state index contributed by atoms with van der Waals surface area (Å²) in [7, 11) is 0. The summed E-state index contributed by atoms with van der Waals surface area (Å²) in [6, 6.07) is 10.3. The van der Waals surface area contributed by atoms with Crippen molar-refractivity contribution in [2.45, 2.75) is 13.0 Å². The third-order valence-electron chi connectivity index (χ3n) is 2.43. The van der Waals surface area contributed by atoms with Gasteiger partial charge >= 0.3 is 0 Å². The molecule has 2 N–H and O–H groups in total. The summed E-state index contributed by atoms with van der Waals surface area (Å²) in [5.41, 5.74) is 7.94. The quantitative estimate of drug-likeness (QED) is 0.933. The van der Waals surface area contributed by atoms with Gasteiger partial charge in [-0.2, -0.15) is 5.10 Å². The van der Waals surface area contributed by atoms with Crippen molar-refractivity contribution in [1.82, 2.24) is 9.78 Å². The van der Waals surface area contributed by atoms with Crippen molar-refractivity contribution in [3.63, 3.8) is 0 Å². The van der Waals surface area contributed by atoms with Crippen LogP contribution in [0.2, 0.25) is 0 Å². The largest absolute Gasteiger partial charge is 0.330 e. The number of hydrogen-bond donors (Lipinski definition) is 1. The molecular weight excluding hydrogens is 266 g/mol. The lowest BCUT2D eigenvalue weighted by molar-refractivity contribution is 0.670. The Morgan fingerprint density at radius 3 is 2.69 bits per heavy atom. The summed E-state index contributed by atoms with van der Waals surface area (Å²) in [6.07, 6.45) is 2.73. The fourth-order valence-corrected chi connectivity index (χ4v) is 2.12. The third-order valence-corrected chi connectivity index (χ3v) is 3.35. The molecule has 0 aliphatic carbocycles. The van der Waals surface area contributed by atoms with Gasteiger partial charge in [0.2, 0.25) is 0 Å². The van der Waals surface area contributed by atoms with Gasteiger partial charge in [0.15, 0.2) is 0 Å². The average molecular weight is 280 g/mol. The number of benzene rings is 1. The molecule has 84 valence electrons. The monoisotopic (exact) mass is 279 g/mol. The Kier molecular flexibility index (Phi) is 3.74. The summed E-state index contributed by atoms with van der Waals surface area (Å²) in [5.74, 6) is 0. The topological polar surface area (TPSA) is 43.8 Å². The van der Waals surface area contributed by atoms with Gasteiger partial charge in [-0.25, -0.2) is 0 Å². The minimum atomic E-state index is 0.648. The highest BCUT2D eigenvalue weighted by Crippen LogP contribution is 2.17. The second-order valence-electron chi connectivity index (χ2n) is 3.64. The second kappa shape index (κ2) is 5.27. The van der Waals surface area contributed by atoms with Gasteiger partial charge in [0.25, 0.3) is 0 Å². The van der Waals surface area contributed by atoms with Crippen LogP contribution in [0.15, 0.2) is 41.1 Å². The minimum absolute atomic E-state index is 0.648. The molecule has 0 saturated carbocycles. The molecule has 0 amide bonds. The summed E-state index contributed by atoms with van der Waals surface area (Å²) >= 11 is 3.55. The number of hydrogen-bond acceptors (Lipinski definition) is 2. The van der Waals surface area contributed by atoms with Gasteiger partial charge in [-0.05, 0) is 34.5 Å². The Balaban J connectivity index is 2.16. The van der Waals surface area contributed by atoms with Crippen LogP contribution >= 0.6 is 15.9 Å². The van der Waals surface area contributed by atoms with Crippen molar-refractivity contribution >= 4 is 15.9 Å². The Labute approximate surface area is 103 Å². The molecule has 1 aromatic carbocycles. The van der Waals surface area contributed by atoms with E-state index in [1.54, 1.807) is 0 Å². The predicted molar refractivity (Wildman–Crippen MR) is 68.2 cm³/mol. The molecule has 0 atom stereocenters. The van der Waals surface area contributed by atoms with Crippen molar-refractivity contribution in [3.8, 4) is 0 Å². The SMILES string of the molecule is NCCc1cnn(Cc2ccccc2)c1Br. The van der Waals surface area contributed by atoms with E-state index in [2.05, 4.69) is 33.2 Å². The van der Waals surface area contributed by atoms with Crippen LogP contribution in [0.5, 0.6) is 0 Å². The predicted octanol–water partition coefficient (Wildman–Crippen LogP) is 2.20. The number of nitrogens with zero attached hydrogens (tertiary/aromatic N) is 2. The zero-order valence-corrected chi connectivity index (χ0v) is 10.5. The van der Waals surface area contributed by atoms with Crippen molar-refractivity contribution in [1.29, 1.82) is 0 Å². The first-order valence-corrected chi connectivity index (χ1v) is 6.04. The summed E-state index contributed by atoms with van der Waals surface area (Å²) in [4.78, 5) is 0. The van der Waals surface area contributed by atoms with E-state index in [1.807, 2.05) is 29.1 Å². The molecule has 2 rings (SSSR count). The summed E-state index contributed by atoms with van der Waals surface area (Å²) in [6.45, 7) is 1.43. The van der Waals surface area contributed by atoms with Crippen LogP contribution in [0, 0.1) is 0 Å². The normalized spacial score (nSPS) is 10.6. The maximum absolute atomic E-state index is 5.53.